The van der Waals surface area contributed by atoms with Crippen LogP contribution < -0.4 is 32.6 Å². The molecule has 2 heterocycles. The van der Waals surface area contributed by atoms with Gasteiger partial charge < -0.3 is 17.0 Å². The number of halogens is 1. The number of nitrogens with zero attached hydrogens (tertiary/aromatic N) is 4. The van der Waals surface area contributed by atoms with Gasteiger partial charge in [0, 0.05) is 16.0 Å². The summed E-state index contributed by atoms with van der Waals surface area (Å²) in [4.78, 5) is 4.69. The number of hydrazone groups is 1. The number of anilines is 2. The van der Waals surface area contributed by atoms with E-state index in [1.807, 2.05) is 77.8 Å². The van der Waals surface area contributed by atoms with Crippen molar-refractivity contribution in [1.29, 1.82) is 0 Å². The molecule has 0 saturated heterocycles. The molecular formula is C18H18BrN5S. The molecule has 1 unspecified atom stereocenters. The third-order valence-electron chi connectivity index (χ3n) is 3.72. The van der Waals surface area contributed by atoms with Gasteiger partial charge in [0.25, 0.3) is 0 Å². The smallest absolute Gasteiger partial charge is 0.382 e. The first-order valence-corrected chi connectivity index (χ1v) is 9.40. The predicted molar refractivity (Wildman–Crippen MR) is 99.9 cm³/mol. The molecule has 1 aliphatic heterocycles. The number of hydrogen-bond acceptors (Lipinski definition) is 5. The van der Waals surface area contributed by atoms with Crippen molar-refractivity contribution in [2.75, 3.05) is 10.2 Å². The summed E-state index contributed by atoms with van der Waals surface area (Å²) in [5.74, 6) is 0.809. The van der Waals surface area contributed by atoms with Gasteiger partial charge in [-0.05, 0) is 19.1 Å². The average molecular weight is 416 g/mol. The largest absolute Gasteiger partial charge is 1.00 e. The zero-order valence-corrected chi connectivity index (χ0v) is 16.3. The highest BCUT2D eigenvalue weighted by Gasteiger charge is 2.33. The first kappa shape index (κ1) is 17.4. The third kappa shape index (κ3) is 3.38. The Morgan fingerprint density at radius 2 is 1.60 bits per heavy atom. The number of aromatic nitrogens is 1. The molecule has 0 fully saturated rings. The number of amidine groups is 1. The number of benzene rings is 2. The maximum absolute atomic E-state index is 4.78. The van der Waals surface area contributed by atoms with E-state index < -0.39 is 0 Å². The number of rotatable bonds is 3. The molecular weight excluding hydrogens is 398 g/mol. The Morgan fingerprint density at radius 1 is 0.960 bits per heavy atom. The van der Waals surface area contributed by atoms with Crippen molar-refractivity contribution >= 4 is 27.1 Å². The van der Waals surface area contributed by atoms with Crippen LogP contribution in [0.25, 0.3) is 0 Å². The summed E-state index contributed by atoms with van der Waals surface area (Å²) >= 11 is 0. The second-order valence-corrected chi connectivity index (χ2v) is 7.29. The Bertz CT molecular complexity index is 879. The highest BCUT2D eigenvalue weighted by molar-refractivity contribution is 7.31. The lowest BCUT2D eigenvalue weighted by Gasteiger charge is -2.23. The van der Waals surface area contributed by atoms with E-state index in [4.69, 9.17) is 10.1 Å². The van der Waals surface area contributed by atoms with Crippen LogP contribution in [-0.2, 0) is 6.26 Å². The van der Waals surface area contributed by atoms with Crippen molar-refractivity contribution in [1.82, 2.24) is 10.4 Å². The van der Waals surface area contributed by atoms with Gasteiger partial charge in [0.15, 0.2) is 11.2 Å². The first-order chi connectivity index (χ1) is 11.7. The van der Waals surface area contributed by atoms with E-state index in [-0.39, 0.29) is 27.5 Å². The molecule has 128 valence electrons. The summed E-state index contributed by atoms with van der Waals surface area (Å²) in [7, 11) is -0.0600. The number of hydrogen-bond donors (Lipinski definition) is 1. The van der Waals surface area contributed by atoms with Gasteiger partial charge in [0.2, 0.25) is 0 Å². The van der Waals surface area contributed by atoms with Gasteiger partial charge in [0.1, 0.15) is 6.26 Å². The van der Waals surface area contributed by atoms with E-state index in [2.05, 4.69) is 17.1 Å². The fourth-order valence-corrected chi connectivity index (χ4v) is 3.99. The Labute approximate surface area is 160 Å². The second-order valence-electron chi connectivity index (χ2n) is 5.57. The van der Waals surface area contributed by atoms with Crippen LogP contribution in [0.5, 0.6) is 0 Å². The Kier molecular flexibility index (Phi) is 5.06. The molecule has 0 bridgehead atoms. The van der Waals surface area contributed by atoms with Gasteiger partial charge in [-0.3, -0.25) is 5.43 Å². The summed E-state index contributed by atoms with van der Waals surface area (Å²) in [5.41, 5.74) is 6.47. The van der Waals surface area contributed by atoms with Crippen molar-refractivity contribution in [2.45, 2.75) is 6.92 Å². The lowest BCUT2D eigenvalue weighted by atomic mass is 10.2. The number of aryl methyl sites for hydroxylation is 2. The molecule has 1 aromatic heterocycles. The quantitative estimate of drug-likeness (QED) is 0.642. The van der Waals surface area contributed by atoms with Crippen molar-refractivity contribution in [2.24, 2.45) is 11.4 Å². The molecule has 0 spiro atoms. The summed E-state index contributed by atoms with van der Waals surface area (Å²) in [6, 6.07) is 20.2. The highest BCUT2D eigenvalue weighted by Crippen LogP contribution is 2.33. The minimum atomic E-state index is -0.0600. The SMILES string of the molecule is Cc1c[s+](C)c(N2NC(c3ccccc3)=NN2c2ccccc2)n1.[Br-]. The van der Waals surface area contributed by atoms with Crippen molar-refractivity contribution in [3.05, 3.63) is 77.3 Å². The molecule has 0 amide bonds. The number of para-hydroxylation sites is 1. The third-order valence-corrected chi connectivity index (χ3v) is 5.25. The zero-order chi connectivity index (χ0) is 16.5. The molecule has 7 heteroatoms. The van der Waals surface area contributed by atoms with Gasteiger partial charge >= 0.3 is 5.13 Å². The number of nitrogens with one attached hydrogen (secondary N) is 1. The van der Waals surface area contributed by atoms with Crippen LogP contribution in [0.15, 0.2) is 71.1 Å². The fourth-order valence-electron chi connectivity index (χ4n) is 2.63. The standard InChI is InChI=1S/C18H18N5S.BrH/c1-14-13-24(2)18(19-14)23-21-17(15-9-5-3-6-10-15)20-22(23)16-11-7-4-8-12-16;/h3-13H,1-2H3,(H,20,21);1H/q+1;/p-1. The molecule has 1 atom stereocenters. The van der Waals surface area contributed by atoms with Crippen LogP contribution in [0.4, 0.5) is 10.8 Å². The number of thiazole rings is 1. The molecule has 4 rings (SSSR count). The van der Waals surface area contributed by atoms with E-state index in [0.29, 0.717) is 0 Å². The lowest BCUT2D eigenvalue weighted by molar-refractivity contribution is -0.00000503. The minimum absolute atomic E-state index is 0. The summed E-state index contributed by atoms with van der Waals surface area (Å²) in [6.45, 7) is 2.03. The zero-order valence-electron chi connectivity index (χ0n) is 13.9. The topological polar surface area (TPSA) is 43.8 Å². The summed E-state index contributed by atoms with van der Waals surface area (Å²) in [6.07, 6.45) is 2.17. The fraction of sp³-hybridized carbons (Fsp3) is 0.111. The van der Waals surface area contributed by atoms with Gasteiger partial charge in [-0.2, -0.15) is 4.98 Å². The van der Waals surface area contributed by atoms with Crippen LogP contribution in [-0.4, -0.2) is 10.8 Å². The van der Waals surface area contributed by atoms with Gasteiger partial charge in [0.05, 0.1) is 11.4 Å². The monoisotopic (exact) mass is 415 g/mol. The van der Waals surface area contributed by atoms with Gasteiger partial charge in [-0.1, -0.05) is 48.5 Å². The van der Waals surface area contributed by atoms with Crippen LogP contribution in [0.2, 0.25) is 0 Å². The average Bonchev–Trinajstić information content (AvgIpc) is 3.19. The van der Waals surface area contributed by atoms with E-state index in [0.717, 1.165) is 27.9 Å². The summed E-state index contributed by atoms with van der Waals surface area (Å²) in [5, 5.41) is 11.7. The Balaban J connectivity index is 0.00000182. The molecule has 1 aliphatic rings. The van der Waals surface area contributed by atoms with Crippen LogP contribution in [0.1, 0.15) is 11.3 Å². The van der Waals surface area contributed by atoms with Crippen molar-refractivity contribution in [3.8, 4) is 0 Å². The van der Waals surface area contributed by atoms with E-state index in [1.54, 1.807) is 0 Å². The molecule has 1 N–H and O–H groups in total. The Hall–Kier alpha value is -2.38. The number of hydrazine groups is 2. The summed E-state index contributed by atoms with van der Waals surface area (Å²) < 4.78 is 0. The molecule has 0 saturated carbocycles. The highest BCUT2D eigenvalue weighted by atomic mass is 79.9. The van der Waals surface area contributed by atoms with Crippen LogP contribution >= 0.6 is 10.5 Å². The molecule has 5 nitrogen and oxygen atoms in total. The van der Waals surface area contributed by atoms with Crippen molar-refractivity contribution < 1.29 is 17.0 Å². The molecule has 0 radical (unpaired) electrons. The minimum Gasteiger partial charge on any atom is -1.00 e. The first-order valence-electron chi connectivity index (χ1n) is 7.70. The lowest BCUT2D eigenvalue weighted by Crippen LogP contribution is -3.00. The molecule has 3 aromatic rings. The van der Waals surface area contributed by atoms with E-state index in [9.17, 15) is 0 Å². The maximum atomic E-state index is 4.78. The molecule has 0 aliphatic carbocycles. The van der Waals surface area contributed by atoms with Gasteiger partial charge in [-0.15, -0.1) is 15.3 Å². The normalized spacial score (nSPS) is 14.0. The van der Waals surface area contributed by atoms with Gasteiger partial charge in [-0.25, -0.2) is 0 Å². The molecule has 2 aromatic carbocycles. The van der Waals surface area contributed by atoms with Crippen LogP contribution in [0, 0.1) is 6.92 Å². The Morgan fingerprint density at radius 3 is 2.20 bits per heavy atom. The van der Waals surface area contributed by atoms with E-state index in [1.165, 1.54) is 0 Å². The molecule has 25 heavy (non-hydrogen) atoms. The van der Waals surface area contributed by atoms with Crippen LogP contribution in [0.3, 0.4) is 0 Å². The maximum Gasteiger partial charge on any atom is 0.382 e. The van der Waals surface area contributed by atoms with E-state index >= 15 is 0 Å². The second kappa shape index (κ2) is 7.25. The van der Waals surface area contributed by atoms with Crippen molar-refractivity contribution in [3.63, 3.8) is 0 Å². The predicted octanol–water partition coefficient (Wildman–Crippen LogP) is 0.788.